The van der Waals surface area contributed by atoms with Crippen LogP contribution in [0, 0.1) is 5.82 Å². The van der Waals surface area contributed by atoms with E-state index in [1.807, 2.05) is 0 Å². The Morgan fingerprint density at radius 3 is 2.81 bits per heavy atom. The summed E-state index contributed by atoms with van der Waals surface area (Å²) in [6, 6.07) is 6.27. The fraction of sp³-hybridized carbons (Fsp3) is 0.533. The first-order valence-corrected chi connectivity index (χ1v) is 7.21. The van der Waals surface area contributed by atoms with Crippen LogP contribution in [0.1, 0.15) is 0 Å². The largest absolute Gasteiger partial charge is 0.489 e. The van der Waals surface area contributed by atoms with E-state index in [9.17, 15) is 9.18 Å². The van der Waals surface area contributed by atoms with Gasteiger partial charge in [0.05, 0.1) is 13.1 Å². The molecule has 2 rings (SSSR count). The fourth-order valence-electron chi connectivity index (χ4n) is 2.16. The van der Waals surface area contributed by atoms with Crippen LogP contribution < -0.4 is 10.1 Å². The maximum atomic E-state index is 13.4. The fourth-order valence-corrected chi connectivity index (χ4v) is 2.16. The zero-order valence-electron chi connectivity index (χ0n) is 12.3. The monoisotopic (exact) mass is 295 g/mol. The second kappa shape index (κ2) is 7.95. The number of rotatable bonds is 6. The van der Waals surface area contributed by atoms with Crippen molar-refractivity contribution in [3.8, 4) is 5.75 Å². The van der Waals surface area contributed by atoms with E-state index in [2.05, 4.69) is 10.2 Å². The molecular weight excluding hydrogens is 273 g/mol. The molecule has 0 saturated carbocycles. The lowest BCUT2D eigenvalue weighted by Gasteiger charge is -2.28. The summed E-state index contributed by atoms with van der Waals surface area (Å²) in [6.45, 7) is 4.79. The van der Waals surface area contributed by atoms with Gasteiger partial charge in [-0.25, -0.2) is 4.39 Å². The Labute approximate surface area is 124 Å². The second-order valence-corrected chi connectivity index (χ2v) is 5.12. The molecule has 0 aliphatic carbocycles. The predicted octanol–water partition coefficient (Wildman–Crippen LogP) is 0.568. The Hall–Kier alpha value is -1.66. The number of nitrogens with one attached hydrogen (secondary N) is 1. The first kappa shape index (κ1) is 15.7. The number of hydrogen-bond acceptors (Lipinski definition) is 4. The van der Waals surface area contributed by atoms with E-state index in [4.69, 9.17) is 4.74 Å². The van der Waals surface area contributed by atoms with Crippen LogP contribution in [0.3, 0.4) is 0 Å². The molecule has 0 unspecified atom stereocenters. The van der Waals surface area contributed by atoms with Crippen molar-refractivity contribution in [2.75, 3.05) is 52.9 Å². The Balaban J connectivity index is 1.70. The molecule has 1 aliphatic heterocycles. The van der Waals surface area contributed by atoms with E-state index in [-0.39, 0.29) is 24.1 Å². The van der Waals surface area contributed by atoms with E-state index in [1.165, 1.54) is 6.07 Å². The van der Waals surface area contributed by atoms with E-state index >= 15 is 0 Å². The standard InChI is InChI=1S/C15H22FN3O2/c1-18(15(20)12-19-8-6-17-7-9-19)10-11-21-14-5-3-2-4-13(14)16/h2-5,17H,6-12H2,1H3. The molecular formula is C15H22FN3O2. The molecule has 1 aromatic rings. The highest BCUT2D eigenvalue weighted by molar-refractivity contribution is 5.78. The van der Waals surface area contributed by atoms with Gasteiger partial charge >= 0.3 is 0 Å². The van der Waals surface area contributed by atoms with Gasteiger partial charge in [0.15, 0.2) is 11.6 Å². The lowest BCUT2D eigenvalue weighted by atomic mass is 10.3. The smallest absolute Gasteiger partial charge is 0.236 e. The topological polar surface area (TPSA) is 44.8 Å². The number of benzene rings is 1. The summed E-state index contributed by atoms with van der Waals surface area (Å²) in [5.74, 6) is -0.0956. The zero-order chi connectivity index (χ0) is 15.1. The Bertz CT molecular complexity index is 464. The number of likely N-dealkylation sites (N-methyl/N-ethyl adjacent to an activating group) is 1. The van der Waals surface area contributed by atoms with Gasteiger partial charge in [0, 0.05) is 33.2 Å². The van der Waals surface area contributed by atoms with Gasteiger partial charge in [-0.3, -0.25) is 9.69 Å². The molecule has 1 heterocycles. The maximum absolute atomic E-state index is 13.4. The quantitative estimate of drug-likeness (QED) is 0.833. The minimum absolute atomic E-state index is 0.0639. The van der Waals surface area contributed by atoms with E-state index in [0.29, 0.717) is 13.1 Å². The molecule has 1 N–H and O–H groups in total. The van der Waals surface area contributed by atoms with Gasteiger partial charge < -0.3 is 15.0 Å². The third kappa shape index (κ3) is 4.99. The van der Waals surface area contributed by atoms with Crippen LogP contribution >= 0.6 is 0 Å². The van der Waals surface area contributed by atoms with Crippen molar-refractivity contribution in [3.05, 3.63) is 30.1 Å². The summed E-state index contributed by atoms with van der Waals surface area (Å²) in [4.78, 5) is 15.8. The molecule has 1 amide bonds. The number of carbonyl (C=O) groups excluding carboxylic acids is 1. The Kier molecular flexibility index (Phi) is 5.95. The SMILES string of the molecule is CN(CCOc1ccccc1F)C(=O)CN1CCNCC1. The van der Waals surface area contributed by atoms with Gasteiger partial charge in [0.1, 0.15) is 6.61 Å². The molecule has 1 aromatic carbocycles. The second-order valence-electron chi connectivity index (χ2n) is 5.12. The van der Waals surface area contributed by atoms with E-state index in [0.717, 1.165) is 26.2 Å². The van der Waals surface area contributed by atoms with Crippen molar-refractivity contribution in [1.82, 2.24) is 15.1 Å². The van der Waals surface area contributed by atoms with Gasteiger partial charge in [-0.05, 0) is 12.1 Å². The van der Waals surface area contributed by atoms with Gasteiger partial charge in [-0.2, -0.15) is 0 Å². The van der Waals surface area contributed by atoms with Crippen LogP contribution in [0.2, 0.25) is 0 Å². The van der Waals surface area contributed by atoms with Gasteiger partial charge in [-0.1, -0.05) is 12.1 Å². The molecule has 6 heteroatoms. The van der Waals surface area contributed by atoms with Gasteiger partial charge in [0.2, 0.25) is 5.91 Å². The lowest BCUT2D eigenvalue weighted by Crippen LogP contribution is -2.48. The number of carbonyl (C=O) groups is 1. The molecule has 0 bridgehead atoms. The lowest BCUT2D eigenvalue weighted by molar-refractivity contribution is -0.131. The summed E-state index contributed by atoms with van der Waals surface area (Å²) < 4.78 is 18.7. The summed E-state index contributed by atoms with van der Waals surface area (Å²) in [6.07, 6.45) is 0. The normalized spacial score (nSPS) is 15.7. The summed E-state index contributed by atoms with van der Waals surface area (Å²) in [7, 11) is 1.75. The number of halogens is 1. The molecule has 1 fully saturated rings. The van der Waals surface area contributed by atoms with Crippen LogP contribution in [0.4, 0.5) is 4.39 Å². The van der Waals surface area contributed by atoms with Crippen LogP contribution in [0.5, 0.6) is 5.75 Å². The molecule has 0 spiro atoms. The summed E-state index contributed by atoms with van der Waals surface area (Å²) in [5.41, 5.74) is 0. The number of amides is 1. The minimum atomic E-state index is -0.382. The molecule has 0 aromatic heterocycles. The average Bonchev–Trinajstić information content (AvgIpc) is 2.50. The number of para-hydroxylation sites is 1. The number of nitrogens with zero attached hydrogens (tertiary/aromatic N) is 2. The first-order chi connectivity index (χ1) is 10.2. The first-order valence-electron chi connectivity index (χ1n) is 7.21. The highest BCUT2D eigenvalue weighted by atomic mass is 19.1. The van der Waals surface area contributed by atoms with Crippen LogP contribution in [0.25, 0.3) is 0 Å². The predicted molar refractivity (Wildman–Crippen MR) is 78.8 cm³/mol. The van der Waals surface area contributed by atoms with Gasteiger partial charge in [0.25, 0.3) is 0 Å². The van der Waals surface area contributed by atoms with Crippen LogP contribution in [-0.2, 0) is 4.79 Å². The zero-order valence-corrected chi connectivity index (χ0v) is 12.3. The van der Waals surface area contributed by atoms with Crippen molar-refractivity contribution in [3.63, 3.8) is 0 Å². The van der Waals surface area contributed by atoms with Crippen molar-refractivity contribution in [2.45, 2.75) is 0 Å². The molecule has 0 radical (unpaired) electrons. The van der Waals surface area contributed by atoms with Crippen molar-refractivity contribution in [1.29, 1.82) is 0 Å². The molecule has 116 valence electrons. The Morgan fingerprint density at radius 2 is 2.10 bits per heavy atom. The molecule has 5 nitrogen and oxygen atoms in total. The number of piperazine rings is 1. The number of ether oxygens (including phenoxy) is 1. The van der Waals surface area contributed by atoms with Crippen LogP contribution in [-0.4, -0.2) is 68.6 Å². The Morgan fingerprint density at radius 1 is 1.38 bits per heavy atom. The molecule has 0 atom stereocenters. The molecule has 1 saturated heterocycles. The number of hydrogen-bond donors (Lipinski definition) is 1. The molecule has 21 heavy (non-hydrogen) atoms. The van der Waals surface area contributed by atoms with Crippen molar-refractivity contribution in [2.24, 2.45) is 0 Å². The van der Waals surface area contributed by atoms with Crippen molar-refractivity contribution >= 4 is 5.91 Å². The minimum Gasteiger partial charge on any atom is -0.489 e. The highest BCUT2D eigenvalue weighted by Gasteiger charge is 2.16. The van der Waals surface area contributed by atoms with Gasteiger partial charge in [-0.15, -0.1) is 0 Å². The highest BCUT2D eigenvalue weighted by Crippen LogP contribution is 2.14. The summed E-state index contributed by atoms with van der Waals surface area (Å²) >= 11 is 0. The molecule has 1 aliphatic rings. The van der Waals surface area contributed by atoms with Crippen LogP contribution in [0.15, 0.2) is 24.3 Å². The maximum Gasteiger partial charge on any atom is 0.236 e. The van der Waals surface area contributed by atoms with E-state index < -0.39 is 0 Å². The summed E-state index contributed by atoms with van der Waals surface area (Å²) in [5, 5.41) is 3.25. The third-order valence-corrected chi connectivity index (χ3v) is 3.52. The average molecular weight is 295 g/mol. The van der Waals surface area contributed by atoms with E-state index in [1.54, 1.807) is 30.1 Å². The third-order valence-electron chi connectivity index (χ3n) is 3.52. The van der Waals surface area contributed by atoms with Crippen molar-refractivity contribution < 1.29 is 13.9 Å².